The fraction of sp³-hybridized carbons (Fsp3) is 0.889. The van der Waals surface area contributed by atoms with Gasteiger partial charge in [0.2, 0.25) is 10.0 Å². The van der Waals surface area contributed by atoms with Crippen molar-refractivity contribution in [3.8, 4) is 0 Å². The second-order valence-electron chi connectivity index (χ2n) is 3.79. The van der Waals surface area contributed by atoms with Crippen LogP contribution in [-0.4, -0.2) is 58.4 Å². The minimum Gasteiger partial charge on any atom is -0.385 e. The summed E-state index contributed by atoms with van der Waals surface area (Å²) in [6.07, 6.45) is 2.10. The van der Waals surface area contributed by atoms with Gasteiger partial charge in [-0.15, -0.1) is 0 Å². The van der Waals surface area contributed by atoms with E-state index in [9.17, 15) is 8.42 Å². The average molecular weight is 281 g/mol. The van der Waals surface area contributed by atoms with Crippen LogP contribution in [0, 0.1) is 0 Å². The standard InChI is InChI=1S/C9H19N3O3S2/c1-15-6-3-8-7-16-9(12-8)10-4-5-11-17(2,13)14/h8,11H,3-7H2,1-2H3,(H,10,12). The molecule has 0 bridgehead atoms. The molecule has 1 rings (SSSR count). The molecule has 0 spiro atoms. The van der Waals surface area contributed by atoms with Crippen molar-refractivity contribution in [2.45, 2.75) is 12.5 Å². The van der Waals surface area contributed by atoms with Gasteiger partial charge in [-0.05, 0) is 6.42 Å². The summed E-state index contributed by atoms with van der Waals surface area (Å²) in [6.45, 7) is 1.54. The smallest absolute Gasteiger partial charge is 0.208 e. The van der Waals surface area contributed by atoms with Gasteiger partial charge in [-0.2, -0.15) is 0 Å². The van der Waals surface area contributed by atoms with Gasteiger partial charge in [0.05, 0.1) is 12.8 Å². The summed E-state index contributed by atoms with van der Waals surface area (Å²) in [5.41, 5.74) is 0. The molecule has 0 radical (unpaired) electrons. The van der Waals surface area contributed by atoms with Gasteiger partial charge < -0.3 is 10.1 Å². The van der Waals surface area contributed by atoms with Crippen molar-refractivity contribution in [2.24, 2.45) is 4.99 Å². The van der Waals surface area contributed by atoms with Gasteiger partial charge >= 0.3 is 0 Å². The third-order valence-corrected chi connectivity index (χ3v) is 3.97. The highest BCUT2D eigenvalue weighted by Gasteiger charge is 2.19. The Morgan fingerprint density at radius 3 is 3.06 bits per heavy atom. The van der Waals surface area contributed by atoms with Gasteiger partial charge in [-0.25, -0.2) is 13.1 Å². The topological polar surface area (TPSA) is 79.8 Å². The first-order valence-corrected chi connectivity index (χ1v) is 8.26. The Morgan fingerprint density at radius 2 is 2.41 bits per heavy atom. The quantitative estimate of drug-likeness (QED) is 0.623. The number of methoxy groups -OCH3 is 1. The van der Waals surface area contributed by atoms with Crippen molar-refractivity contribution in [2.75, 3.05) is 38.8 Å². The van der Waals surface area contributed by atoms with Crippen LogP contribution in [-0.2, 0) is 14.8 Å². The number of aliphatic imine (C=N–C) groups is 1. The predicted octanol–water partition coefficient (Wildman–Crippen LogP) is -0.367. The maximum atomic E-state index is 10.8. The molecule has 6 nitrogen and oxygen atoms in total. The Kier molecular flexibility index (Phi) is 6.24. The lowest BCUT2D eigenvalue weighted by Gasteiger charge is -2.08. The number of hydrogen-bond acceptors (Lipinski definition) is 5. The number of sulfonamides is 1. The molecule has 17 heavy (non-hydrogen) atoms. The zero-order valence-corrected chi connectivity index (χ0v) is 11.7. The molecule has 1 heterocycles. The fourth-order valence-electron chi connectivity index (χ4n) is 1.33. The number of nitrogens with zero attached hydrogens (tertiary/aromatic N) is 1. The van der Waals surface area contributed by atoms with Crippen LogP contribution in [0.15, 0.2) is 4.99 Å². The molecule has 1 aliphatic heterocycles. The maximum Gasteiger partial charge on any atom is 0.208 e. The van der Waals surface area contributed by atoms with E-state index in [1.807, 2.05) is 0 Å². The minimum atomic E-state index is -3.11. The highest BCUT2D eigenvalue weighted by Crippen LogP contribution is 2.15. The molecule has 100 valence electrons. The summed E-state index contributed by atoms with van der Waals surface area (Å²) in [5, 5.41) is 4.17. The van der Waals surface area contributed by atoms with Crippen molar-refractivity contribution in [1.82, 2.24) is 10.0 Å². The van der Waals surface area contributed by atoms with Crippen LogP contribution in [0.3, 0.4) is 0 Å². The molecule has 0 saturated carbocycles. The van der Waals surface area contributed by atoms with E-state index in [2.05, 4.69) is 15.0 Å². The lowest BCUT2D eigenvalue weighted by molar-refractivity contribution is 0.188. The molecular weight excluding hydrogens is 262 g/mol. The molecule has 0 aliphatic carbocycles. The molecule has 1 atom stereocenters. The van der Waals surface area contributed by atoms with E-state index in [1.165, 1.54) is 0 Å². The average Bonchev–Trinajstić information content (AvgIpc) is 2.68. The first-order valence-electron chi connectivity index (χ1n) is 5.38. The van der Waals surface area contributed by atoms with Gasteiger partial charge in [0.1, 0.15) is 0 Å². The second kappa shape index (κ2) is 7.20. The lowest BCUT2D eigenvalue weighted by atomic mass is 10.2. The highest BCUT2D eigenvalue weighted by molar-refractivity contribution is 8.14. The highest BCUT2D eigenvalue weighted by atomic mass is 32.2. The Bertz CT molecular complexity index is 356. The number of ether oxygens (including phenoxy) is 1. The number of amidine groups is 1. The van der Waals surface area contributed by atoms with Crippen LogP contribution in [0.25, 0.3) is 0 Å². The van der Waals surface area contributed by atoms with Crippen LogP contribution < -0.4 is 10.0 Å². The van der Waals surface area contributed by atoms with Crippen LogP contribution in [0.5, 0.6) is 0 Å². The zero-order chi connectivity index (χ0) is 12.7. The van der Waals surface area contributed by atoms with Gasteiger partial charge in [0, 0.05) is 32.1 Å². The van der Waals surface area contributed by atoms with E-state index in [4.69, 9.17) is 4.74 Å². The summed E-state index contributed by atoms with van der Waals surface area (Å²) in [5.74, 6) is 0.988. The zero-order valence-electron chi connectivity index (χ0n) is 10.1. The number of hydrogen-bond donors (Lipinski definition) is 2. The molecule has 0 aromatic rings. The van der Waals surface area contributed by atoms with Crippen LogP contribution in [0.4, 0.5) is 0 Å². The Morgan fingerprint density at radius 1 is 1.65 bits per heavy atom. The fourth-order valence-corrected chi connectivity index (χ4v) is 2.84. The third kappa shape index (κ3) is 6.87. The van der Waals surface area contributed by atoms with Crippen molar-refractivity contribution in [1.29, 1.82) is 0 Å². The number of rotatable bonds is 7. The SMILES string of the molecule is COCCC1CSC(=NCCNS(C)(=O)=O)N1. The Balaban J connectivity index is 2.19. The summed E-state index contributed by atoms with van der Waals surface area (Å²) in [4.78, 5) is 4.29. The Labute approximate surface area is 107 Å². The minimum absolute atomic E-state index is 0.341. The third-order valence-electron chi connectivity index (χ3n) is 2.15. The molecule has 1 fully saturated rings. The van der Waals surface area contributed by atoms with E-state index >= 15 is 0 Å². The largest absolute Gasteiger partial charge is 0.385 e. The first-order chi connectivity index (χ1) is 8.01. The van der Waals surface area contributed by atoms with Crippen LogP contribution >= 0.6 is 11.8 Å². The van der Waals surface area contributed by atoms with E-state index in [1.54, 1.807) is 18.9 Å². The number of thioether (sulfide) groups is 1. The van der Waals surface area contributed by atoms with Gasteiger partial charge in [-0.1, -0.05) is 11.8 Å². The monoisotopic (exact) mass is 281 g/mol. The van der Waals surface area contributed by atoms with E-state index in [-0.39, 0.29) is 0 Å². The van der Waals surface area contributed by atoms with Crippen molar-refractivity contribution in [3.05, 3.63) is 0 Å². The summed E-state index contributed by atoms with van der Waals surface area (Å²) in [6, 6.07) is 0.404. The summed E-state index contributed by atoms with van der Waals surface area (Å²) in [7, 11) is -1.42. The normalized spacial score (nSPS) is 22.9. The molecule has 0 aromatic heterocycles. The first kappa shape index (κ1) is 14.7. The molecule has 1 aliphatic rings. The van der Waals surface area contributed by atoms with Crippen molar-refractivity contribution >= 4 is 27.0 Å². The molecule has 0 amide bonds. The molecular formula is C9H19N3O3S2. The number of nitrogens with one attached hydrogen (secondary N) is 2. The van der Waals surface area contributed by atoms with Crippen LogP contribution in [0.2, 0.25) is 0 Å². The summed E-state index contributed by atoms with van der Waals surface area (Å²) >= 11 is 1.66. The van der Waals surface area contributed by atoms with Crippen molar-refractivity contribution in [3.63, 3.8) is 0 Å². The summed E-state index contributed by atoms with van der Waals surface area (Å²) < 4.78 is 29.0. The van der Waals surface area contributed by atoms with Gasteiger partial charge in [0.15, 0.2) is 5.17 Å². The molecule has 0 aromatic carbocycles. The van der Waals surface area contributed by atoms with E-state index in [0.29, 0.717) is 19.1 Å². The lowest BCUT2D eigenvalue weighted by Crippen LogP contribution is -2.29. The van der Waals surface area contributed by atoms with E-state index < -0.39 is 10.0 Å². The second-order valence-corrected chi connectivity index (χ2v) is 6.63. The van der Waals surface area contributed by atoms with Gasteiger partial charge in [0.25, 0.3) is 0 Å². The predicted molar refractivity (Wildman–Crippen MR) is 71.0 cm³/mol. The van der Waals surface area contributed by atoms with Crippen LogP contribution in [0.1, 0.15) is 6.42 Å². The molecule has 2 N–H and O–H groups in total. The molecule has 8 heteroatoms. The van der Waals surface area contributed by atoms with E-state index in [0.717, 1.165) is 30.2 Å². The Hall–Kier alpha value is -0.310. The maximum absolute atomic E-state index is 10.8. The molecule has 1 saturated heterocycles. The van der Waals surface area contributed by atoms with Crippen molar-refractivity contribution < 1.29 is 13.2 Å². The van der Waals surface area contributed by atoms with Gasteiger partial charge in [-0.3, -0.25) is 4.99 Å². The molecule has 1 unspecified atom stereocenters.